The maximum Gasteiger partial charge on any atom is 0.242 e. The highest BCUT2D eigenvalue weighted by Gasteiger charge is 2.16. The van der Waals surface area contributed by atoms with E-state index in [2.05, 4.69) is 10.3 Å². The van der Waals surface area contributed by atoms with Crippen molar-refractivity contribution in [3.63, 3.8) is 0 Å². The molecule has 19 heavy (non-hydrogen) atoms. The van der Waals surface area contributed by atoms with Crippen LogP contribution in [0.15, 0.2) is 40.9 Å². The topological polar surface area (TPSA) is 62.3 Å². The van der Waals surface area contributed by atoms with E-state index >= 15 is 0 Å². The third kappa shape index (κ3) is 3.31. The maximum absolute atomic E-state index is 12.0. The van der Waals surface area contributed by atoms with Crippen molar-refractivity contribution in [2.45, 2.75) is 11.4 Å². The molecule has 2 rings (SSSR count). The van der Waals surface area contributed by atoms with Gasteiger partial charge >= 0.3 is 0 Å². The Bertz CT molecular complexity index is 637. The molecule has 0 fully saturated rings. The average Bonchev–Trinajstić information content (AvgIpc) is 2.89. The highest BCUT2D eigenvalue weighted by molar-refractivity contribution is 7.89. The zero-order valence-corrected chi connectivity index (χ0v) is 12.3. The molecule has 0 saturated heterocycles. The number of hydrogen-bond acceptors (Lipinski definition) is 5. The third-order valence-corrected chi connectivity index (χ3v) is 5.15. The maximum atomic E-state index is 12.0. The van der Waals surface area contributed by atoms with Crippen molar-refractivity contribution >= 4 is 27.0 Å². The number of thiazole rings is 1. The van der Waals surface area contributed by atoms with Crippen molar-refractivity contribution in [2.75, 3.05) is 19.4 Å². The molecule has 1 aromatic heterocycles. The van der Waals surface area contributed by atoms with Gasteiger partial charge in [-0.2, -0.15) is 0 Å². The van der Waals surface area contributed by atoms with Crippen LogP contribution in [0.5, 0.6) is 0 Å². The van der Waals surface area contributed by atoms with Crippen LogP contribution >= 0.6 is 11.3 Å². The van der Waals surface area contributed by atoms with E-state index in [1.807, 2.05) is 6.07 Å². The van der Waals surface area contributed by atoms with E-state index in [1.54, 1.807) is 41.2 Å². The van der Waals surface area contributed by atoms with Crippen LogP contribution in [0.1, 0.15) is 4.88 Å². The van der Waals surface area contributed by atoms with Gasteiger partial charge < -0.3 is 5.32 Å². The van der Waals surface area contributed by atoms with Crippen molar-refractivity contribution < 1.29 is 8.42 Å². The first kappa shape index (κ1) is 14.0. The van der Waals surface area contributed by atoms with Gasteiger partial charge in [-0.3, -0.25) is 4.98 Å². The molecule has 0 aliphatic heterocycles. The Morgan fingerprint density at radius 1 is 1.37 bits per heavy atom. The largest absolute Gasteiger partial charge is 0.380 e. The molecule has 7 heteroatoms. The Labute approximate surface area is 117 Å². The van der Waals surface area contributed by atoms with Crippen LogP contribution in [-0.4, -0.2) is 31.8 Å². The minimum atomic E-state index is -3.39. The van der Waals surface area contributed by atoms with Gasteiger partial charge in [-0.15, -0.1) is 11.3 Å². The second kappa shape index (κ2) is 5.68. The SMILES string of the molecule is CN(C)S(=O)(=O)c1cccc(NCc2cncs2)c1. The predicted molar refractivity (Wildman–Crippen MR) is 76.8 cm³/mol. The number of rotatable bonds is 5. The number of nitrogens with one attached hydrogen (secondary N) is 1. The normalized spacial score (nSPS) is 11.7. The Morgan fingerprint density at radius 3 is 2.79 bits per heavy atom. The zero-order chi connectivity index (χ0) is 13.9. The molecule has 2 aromatic rings. The van der Waals surface area contributed by atoms with Crippen LogP contribution in [0.3, 0.4) is 0 Å². The van der Waals surface area contributed by atoms with Gasteiger partial charge in [0.25, 0.3) is 0 Å². The summed E-state index contributed by atoms with van der Waals surface area (Å²) in [6, 6.07) is 6.80. The summed E-state index contributed by atoms with van der Waals surface area (Å²) in [4.78, 5) is 5.37. The standard InChI is InChI=1S/C12H15N3O2S2/c1-15(2)19(16,17)12-5-3-4-10(6-12)14-8-11-7-13-9-18-11/h3-7,9,14H,8H2,1-2H3. The van der Waals surface area contributed by atoms with E-state index in [9.17, 15) is 8.42 Å². The number of nitrogens with zero attached hydrogens (tertiary/aromatic N) is 2. The van der Waals surface area contributed by atoms with Gasteiger partial charge in [-0.05, 0) is 18.2 Å². The fourth-order valence-electron chi connectivity index (χ4n) is 1.50. The summed E-state index contributed by atoms with van der Waals surface area (Å²) >= 11 is 1.56. The van der Waals surface area contributed by atoms with Gasteiger partial charge in [0.15, 0.2) is 0 Å². The molecule has 0 unspecified atom stereocenters. The molecule has 0 spiro atoms. The summed E-state index contributed by atoms with van der Waals surface area (Å²) < 4.78 is 25.2. The number of hydrogen-bond donors (Lipinski definition) is 1. The Kier molecular flexibility index (Phi) is 4.18. The van der Waals surface area contributed by atoms with E-state index in [-0.39, 0.29) is 4.90 Å². The summed E-state index contributed by atoms with van der Waals surface area (Å²) in [7, 11) is -0.347. The molecule has 0 aliphatic carbocycles. The summed E-state index contributed by atoms with van der Waals surface area (Å²) in [6.45, 7) is 0.635. The minimum absolute atomic E-state index is 0.284. The molecule has 0 bridgehead atoms. The number of benzene rings is 1. The first-order chi connectivity index (χ1) is 9.00. The lowest BCUT2D eigenvalue weighted by atomic mass is 10.3. The monoisotopic (exact) mass is 297 g/mol. The molecular formula is C12H15N3O2S2. The third-order valence-electron chi connectivity index (χ3n) is 2.56. The smallest absolute Gasteiger partial charge is 0.242 e. The quantitative estimate of drug-likeness (QED) is 0.917. The molecule has 1 heterocycles. The molecule has 5 nitrogen and oxygen atoms in total. The van der Waals surface area contributed by atoms with E-state index < -0.39 is 10.0 Å². The van der Waals surface area contributed by atoms with Gasteiger partial charge in [0.1, 0.15) is 0 Å². The van der Waals surface area contributed by atoms with Crippen LogP contribution in [0.25, 0.3) is 0 Å². The Hall–Kier alpha value is -1.44. The highest BCUT2D eigenvalue weighted by Crippen LogP contribution is 2.19. The molecular weight excluding hydrogens is 282 g/mol. The van der Waals surface area contributed by atoms with Crippen molar-refractivity contribution in [3.8, 4) is 0 Å². The minimum Gasteiger partial charge on any atom is -0.380 e. The number of sulfonamides is 1. The van der Waals surface area contributed by atoms with Crippen molar-refractivity contribution in [3.05, 3.63) is 40.8 Å². The zero-order valence-electron chi connectivity index (χ0n) is 10.7. The first-order valence-electron chi connectivity index (χ1n) is 5.64. The molecule has 0 radical (unpaired) electrons. The lowest BCUT2D eigenvalue weighted by molar-refractivity contribution is 0.521. The van der Waals surface area contributed by atoms with Gasteiger partial charge in [0.2, 0.25) is 10.0 Å². The van der Waals surface area contributed by atoms with Crippen LogP contribution in [0, 0.1) is 0 Å². The Morgan fingerprint density at radius 2 is 2.16 bits per heavy atom. The fraction of sp³-hybridized carbons (Fsp3) is 0.250. The van der Waals surface area contributed by atoms with E-state index in [4.69, 9.17) is 0 Å². The molecule has 1 aromatic carbocycles. The number of aromatic nitrogens is 1. The van der Waals surface area contributed by atoms with E-state index in [0.29, 0.717) is 6.54 Å². The van der Waals surface area contributed by atoms with Crippen LogP contribution in [0.2, 0.25) is 0 Å². The van der Waals surface area contributed by atoms with Crippen LogP contribution in [0.4, 0.5) is 5.69 Å². The average molecular weight is 297 g/mol. The summed E-state index contributed by atoms with van der Waals surface area (Å²) in [5.41, 5.74) is 2.54. The number of anilines is 1. The second-order valence-electron chi connectivity index (χ2n) is 4.14. The molecule has 102 valence electrons. The van der Waals surface area contributed by atoms with Gasteiger partial charge in [-0.1, -0.05) is 6.07 Å². The van der Waals surface area contributed by atoms with Crippen LogP contribution < -0.4 is 5.32 Å². The summed E-state index contributed by atoms with van der Waals surface area (Å²) in [5.74, 6) is 0. The van der Waals surface area contributed by atoms with Crippen LogP contribution in [-0.2, 0) is 16.6 Å². The van der Waals surface area contributed by atoms with Gasteiger partial charge in [0.05, 0.1) is 17.0 Å². The fourth-order valence-corrected chi connectivity index (χ4v) is 2.98. The summed E-state index contributed by atoms with van der Waals surface area (Å²) in [5, 5.41) is 3.19. The highest BCUT2D eigenvalue weighted by atomic mass is 32.2. The summed E-state index contributed by atoms with van der Waals surface area (Å²) in [6.07, 6.45) is 1.79. The van der Waals surface area contributed by atoms with E-state index in [0.717, 1.165) is 10.6 Å². The molecule has 0 atom stereocenters. The van der Waals surface area contributed by atoms with E-state index in [1.165, 1.54) is 18.4 Å². The molecule has 0 amide bonds. The van der Waals surface area contributed by atoms with Crippen molar-refractivity contribution in [1.82, 2.24) is 9.29 Å². The molecule has 0 aliphatic rings. The lowest BCUT2D eigenvalue weighted by Gasteiger charge is -2.12. The first-order valence-corrected chi connectivity index (χ1v) is 7.96. The molecule has 0 saturated carbocycles. The van der Waals surface area contributed by atoms with Gasteiger partial charge in [0, 0.05) is 30.9 Å². The molecule has 1 N–H and O–H groups in total. The van der Waals surface area contributed by atoms with Crippen molar-refractivity contribution in [1.29, 1.82) is 0 Å². The second-order valence-corrected chi connectivity index (χ2v) is 7.26. The Balaban J connectivity index is 2.16. The lowest BCUT2D eigenvalue weighted by Crippen LogP contribution is -2.22. The predicted octanol–water partition coefficient (Wildman–Crippen LogP) is 2.01. The van der Waals surface area contributed by atoms with Gasteiger partial charge in [-0.25, -0.2) is 12.7 Å². The van der Waals surface area contributed by atoms with Crippen molar-refractivity contribution in [2.24, 2.45) is 0 Å².